The summed E-state index contributed by atoms with van der Waals surface area (Å²) in [7, 11) is -4.16. The van der Waals surface area contributed by atoms with Gasteiger partial charge in [0.2, 0.25) is 0 Å². The van der Waals surface area contributed by atoms with E-state index in [1.807, 2.05) is 25.1 Å². The summed E-state index contributed by atoms with van der Waals surface area (Å²) in [6, 6.07) is 32.7. The molecule has 5 rings (SSSR count). The number of nitrogens with one attached hydrogen (secondary N) is 1. The molecule has 42 heavy (non-hydrogen) atoms. The molecular weight excluding hydrogens is 553 g/mol. The number of aryl methyl sites for hydroxylation is 1. The van der Waals surface area contributed by atoms with Gasteiger partial charge in [0.15, 0.2) is 0 Å². The Morgan fingerprint density at radius 1 is 0.881 bits per heavy atom. The average Bonchev–Trinajstić information content (AvgIpc) is 3.00. The fourth-order valence-electron chi connectivity index (χ4n) is 4.25. The molecule has 0 aliphatic heterocycles. The first-order valence-corrected chi connectivity index (χ1v) is 14.6. The second kappa shape index (κ2) is 12.7. The number of rotatable bonds is 10. The summed E-state index contributed by atoms with van der Waals surface area (Å²) < 4.78 is 47.0. The van der Waals surface area contributed by atoms with Crippen molar-refractivity contribution in [1.82, 2.24) is 5.43 Å². The number of sulfonamides is 1. The van der Waals surface area contributed by atoms with Crippen LogP contribution in [0.5, 0.6) is 5.75 Å². The molecule has 0 bridgehead atoms. The van der Waals surface area contributed by atoms with Gasteiger partial charge in [-0.15, -0.1) is 0 Å². The van der Waals surface area contributed by atoms with Crippen LogP contribution in [0.25, 0.3) is 10.8 Å². The van der Waals surface area contributed by atoms with Crippen molar-refractivity contribution < 1.29 is 22.3 Å². The Hall–Kier alpha value is -5.02. The van der Waals surface area contributed by atoms with Crippen LogP contribution in [0.4, 0.5) is 10.1 Å². The van der Waals surface area contributed by atoms with Crippen molar-refractivity contribution in [2.75, 3.05) is 10.8 Å². The molecular formula is C33H28FN3O4S. The quantitative estimate of drug-likeness (QED) is 0.157. The predicted octanol–water partition coefficient (Wildman–Crippen LogP) is 6.21. The lowest BCUT2D eigenvalue weighted by Gasteiger charge is -2.23. The number of hydrogen-bond acceptors (Lipinski definition) is 5. The average molecular weight is 582 g/mol. The monoisotopic (exact) mass is 581 g/mol. The minimum Gasteiger partial charge on any atom is -0.489 e. The van der Waals surface area contributed by atoms with E-state index < -0.39 is 28.3 Å². The van der Waals surface area contributed by atoms with Crippen LogP contribution in [-0.4, -0.2) is 27.1 Å². The lowest BCUT2D eigenvalue weighted by Crippen LogP contribution is -2.39. The molecule has 0 fully saturated rings. The third-order valence-corrected chi connectivity index (χ3v) is 8.30. The smallest absolute Gasteiger partial charge is 0.264 e. The molecule has 212 valence electrons. The molecule has 0 radical (unpaired) electrons. The van der Waals surface area contributed by atoms with Gasteiger partial charge in [0.1, 0.15) is 24.7 Å². The number of amides is 1. The predicted molar refractivity (Wildman–Crippen MR) is 163 cm³/mol. The number of carbonyl (C=O) groups is 1. The maximum Gasteiger partial charge on any atom is 0.264 e. The summed E-state index contributed by atoms with van der Waals surface area (Å²) in [6.45, 7) is 1.77. The fourth-order valence-corrected chi connectivity index (χ4v) is 5.67. The molecule has 0 unspecified atom stereocenters. The molecule has 5 aromatic rings. The van der Waals surface area contributed by atoms with E-state index in [2.05, 4.69) is 34.8 Å². The Kier molecular flexibility index (Phi) is 8.59. The maximum absolute atomic E-state index is 13.4. The second-order valence-electron chi connectivity index (χ2n) is 9.63. The molecule has 0 saturated heterocycles. The van der Waals surface area contributed by atoms with Crippen molar-refractivity contribution in [2.45, 2.75) is 18.4 Å². The van der Waals surface area contributed by atoms with Crippen LogP contribution in [-0.2, 0) is 21.4 Å². The zero-order valence-electron chi connectivity index (χ0n) is 22.8. The SMILES string of the molecule is Cc1ccc(N(CC(=O)N/N=C\c2ccc(OCc3ccc4ccccc4c3)cc2)S(=O)(=O)c2ccc(F)cc2)cc1. The van der Waals surface area contributed by atoms with Crippen LogP contribution in [0, 0.1) is 12.7 Å². The summed E-state index contributed by atoms with van der Waals surface area (Å²) in [5.74, 6) is -0.524. The molecule has 5 aromatic carbocycles. The van der Waals surface area contributed by atoms with E-state index >= 15 is 0 Å². The number of anilines is 1. The van der Waals surface area contributed by atoms with Crippen molar-refractivity contribution in [1.29, 1.82) is 0 Å². The first-order chi connectivity index (χ1) is 20.3. The van der Waals surface area contributed by atoms with Crippen molar-refractivity contribution in [3.05, 3.63) is 138 Å². The van der Waals surface area contributed by atoms with Gasteiger partial charge in [-0.25, -0.2) is 18.2 Å². The Bertz CT molecular complexity index is 1820. The molecule has 1 N–H and O–H groups in total. The molecule has 0 aliphatic rings. The van der Waals surface area contributed by atoms with Gasteiger partial charge in [-0.05, 0) is 95.6 Å². The minimum atomic E-state index is -4.16. The first kappa shape index (κ1) is 28.5. The van der Waals surface area contributed by atoms with Gasteiger partial charge in [0.25, 0.3) is 15.9 Å². The lowest BCUT2D eigenvalue weighted by atomic mass is 10.1. The highest BCUT2D eigenvalue weighted by Gasteiger charge is 2.27. The van der Waals surface area contributed by atoms with Gasteiger partial charge in [-0.1, -0.05) is 54.1 Å². The van der Waals surface area contributed by atoms with Gasteiger partial charge in [-0.2, -0.15) is 5.10 Å². The number of hydrazone groups is 1. The van der Waals surface area contributed by atoms with Crippen LogP contribution in [0.15, 0.2) is 125 Å². The molecule has 0 spiro atoms. The molecule has 0 aliphatic carbocycles. The fraction of sp³-hybridized carbons (Fsp3) is 0.0909. The highest BCUT2D eigenvalue weighted by molar-refractivity contribution is 7.92. The largest absolute Gasteiger partial charge is 0.489 e. The standard InChI is InChI=1S/C33H28FN3O4S/c1-24-6-14-30(15-7-24)37(42(39,40)32-18-12-29(34)13-19-32)22-33(38)36-35-21-25-9-16-31(17-10-25)41-23-26-8-11-27-4-2-3-5-28(27)20-26/h2-21H,22-23H2,1H3,(H,36,38)/b35-21-. The first-order valence-electron chi connectivity index (χ1n) is 13.2. The summed E-state index contributed by atoms with van der Waals surface area (Å²) in [4.78, 5) is 12.6. The summed E-state index contributed by atoms with van der Waals surface area (Å²) >= 11 is 0. The minimum absolute atomic E-state index is 0.135. The Morgan fingerprint density at radius 3 is 2.29 bits per heavy atom. The van der Waals surface area contributed by atoms with Gasteiger partial charge in [0, 0.05) is 0 Å². The van der Waals surface area contributed by atoms with E-state index in [0.717, 1.165) is 45.1 Å². The molecule has 1 amide bonds. The highest BCUT2D eigenvalue weighted by atomic mass is 32.2. The number of halogens is 1. The Morgan fingerprint density at radius 2 is 1.57 bits per heavy atom. The van der Waals surface area contributed by atoms with E-state index in [4.69, 9.17) is 4.74 Å². The van der Waals surface area contributed by atoms with Crippen LogP contribution in [0.3, 0.4) is 0 Å². The number of hydrogen-bond donors (Lipinski definition) is 1. The third kappa shape index (κ3) is 7.00. The van der Waals surface area contributed by atoms with Crippen molar-refractivity contribution in [2.24, 2.45) is 5.10 Å². The van der Waals surface area contributed by atoms with Crippen LogP contribution >= 0.6 is 0 Å². The summed E-state index contributed by atoms with van der Waals surface area (Å²) in [5.41, 5.74) is 5.38. The van der Waals surface area contributed by atoms with Gasteiger partial charge in [-0.3, -0.25) is 9.10 Å². The molecule has 0 saturated carbocycles. The zero-order valence-corrected chi connectivity index (χ0v) is 23.6. The summed E-state index contributed by atoms with van der Waals surface area (Å²) in [6.07, 6.45) is 1.45. The van der Waals surface area contributed by atoms with Crippen molar-refractivity contribution in [3.63, 3.8) is 0 Å². The van der Waals surface area contributed by atoms with E-state index in [1.54, 1.807) is 48.5 Å². The number of carbonyl (C=O) groups excluding carboxylic acids is 1. The lowest BCUT2D eigenvalue weighted by molar-refractivity contribution is -0.119. The van der Waals surface area contributed by atoms with Crippen molar-refractivity contribution >= 4 is 38.6 Å². The van der Waals surface area contributed by atoms with Gasteiger partial charge >= 0.3 is 0 Å². The van der Waals surface area contributed by atoms with Crippen LogP contribution < -0.4 is 14.5 Å². The molecule has 9 heteroatoms. The second-order valence-corrected chi connectivity index (χ2v) is 11.5. The van der Waals surface area contributed by atoms with Gasteiger partial charge in [0.05, 0.1) is 16.8 Å². The topological polar surface area (TPSA) is 88.1 Å². The number of nitrogens with zero attached hydrogens (tertiary/aromatic N) is 2. The third-order valence-electron chi connectivity index (χ3n) is 6.51. The molecule has 0 atom stereocenters. The normalized spacial score (nSPS) is 11.5. The molecule has 7 nitrogen and oxygen atoms in total. The Balaban J connectivity index is 1.21. The zero-order chi connectivity index (χ0) is 29.5. The van der Waals surface area contributed by atoms with E-state index in [0.29, 0.717) is 23.6 Å². The molecule has 0 aromatic heterocycles. The number of ether oxygens (including phenoxy) is 1. The highest BCUT2D eigenvalue weighted by Crippen LogP contribution is 2.24. The molecule has 0 heterocycles. The summed E-state index contributed by atoms with van der Waals surface area (Å²) in [5, 5.41) is 6.31. The van der Waals surface area contributed by atoms with Gasteiger partial charge < -0.3 is 4.74 Å². The number of benzene rings is 5. The van der Waals surface area contributed by atoms with Crippen LogP contribution in [0.1, 0.15) is 16.7 Å². The Labute approximate surface area is 243 Å². The number of fused-ring (bicyclic) bond motifs is 1. The van der Waals surface area contributed by atoms with Crippen LogP contribution in [0.2, 0.25) is 0 Å². The van der Waals surface area contributed by atoms with E-state index in [-0.39, 0.29) is 4.90 Å². The maximum atomic E-state index is 13.4. The van der Waals surface area contributed by atoms with E-state index in [9.17, 15) is 17.6 Å². The van der Waals surface area contributed by atoms with E-state index in [1.165, 1.54) is 11.6 Å². The van der Waals surface area contributed by atoms with Crippen molar-refractivity contribution in [3.8, 4) is 5.75 Å².